The number of fused-ring (bicyclic) bond motifs is 2. The fourth-order valence-electron chi connectivity index (χ4n) is 4.45. The van der Waals surface area contributed by atoms with Gasteiger partial charge in [-0.3, -0.25) is 9.48 Å². The van der Waals surface area contributed by atoms with Crippen molar-refractivity contribution in [1.29, 1.82) is 0 Å². The van der Waals surface area contributed by atoms with Crippen molar-refractivity contribution in [2.24, 2.45) is 0 Å². The summed E-state index contributed by atoms with van der Waals surface area (Å²) in [7, 11) is 1.62. The van der Waals surface area contributed by atoms with E-state index in [-0.39, 0.29) is 5.91 Å². The molecule has 3 aromatic carbocycles. The van der Waals surface area contributed by atoms with E-state index in [9.17, 15) is 4.79 Å². The zero-order chi connectivity index (χ0) is 26.8. The molecule has 3 heterocycles. The van der Waals surface area contributed by atoms with Crippen LogP contribution in [0.15, 0.2) is 77.9 Å². The van der Waals surface area contributed by atoms with Crippen molar-refractivity contribution in [3.8, 4) is 22.6 Å². The predicted octanol–water partition coefficient (Wildman–Crippen LogP) is 6.75. The summed E-state index contributed by atoms with van der Waals surface area (Å²) in [5.74, 6) is 1.13. The van der Waals surface area contributed by atoms with Gasteiger partial charge in [-0.05, 0) is 82.1 Å². The molecule has 10 heteroatoms. The van der Waals surface area contributed by atoms with Crippen molar-refractivity contribution < 1.29 is 14.3 Å². The molecule has 1 aliphatic rings. The molecule has 0 fully saturated rings. The minimum absolute atomic E-state index is 0.148. The van der Waals surface area contributed by atoms with Crippen LogP contribution in [0.3, 0.4) is 0 Å². The van der Waals surface area contributed by atoms with Crippen LogP contribution in [0, 0.1) is 3.57 Å². The Balaban J connectivity index is 1.22. The van der Waals surface area contributed by atoms with Crippen molar-refractivity contribution in [3.05, 3.63) is 98.3 Å². The van der Waals surface area contributed by atoms with Crippen LogP contribution in [0.25, 0.3) is 11.1 Å². The van der Waals surface area contributed by atoms with Crippen LogP contribution in [0.4, 0.5) is 17.1 Å². The molecule has 0 atom stereocenters. The molecule has 0 aliphatic carbocycles. The Morgan fingerprint density at radius 3 is 2.64 bits per heavy atom. The van der Waals surface area contributed by atoms with E-state index in [1.807, 2.05) is 71.0 Å². The van der Waals surface area contributed by atoms with E-state index in [2.05, 4.69) is 49.4 Å². The zero-order valence-corrected chi connectivity index (χ0v) is 24.0. The van der Waals surface area contributed by atoms with Crippen molar-refractivity contribution in [1.82, 2.24) is 14.8 Å². The van der Waals surface area contributed by atoms with Crippen molar-refractivity contribution in [2.75, 3.05) is 17.7 Å². The topological polar surface area (TPSA) is 90.3 Å². The number of carbonyl (C=O) groups excluding carboxylic acids is 1. The Morgan fingerprint density at radius 1 is 0.974 bits per heavy atom. The van der Waals surface area contributed by atoms with Crippen LogP contribution in [-0.4, -0.2) is 27.8 Å². The highest BCUT2D eigenvalue weighted by Gasteiger charge is 2.20. The number of carbonyl (C=O) groups is 1. The summed E-state index contributed by atoms with van der Waals surface area (Å²) in [6.45, 7) is 1.14. The molecule has 5 aromatic rings. The first-order chi connectivity index (χ1) is 19.1. The normalized spacial score (nSPS) is 12.1. The molecule has 2 aromatic heterocycles. The van der Waals surface area contributed by atoms with Gasteiger partial charge in [-0.15, -0.1) is 11.3 Å². The zero-order valence-electron chi connectivity index (χ0n) is 21.0. The summed E-state index contributed by atoms with van der Waals surface area (Å²) in [5, 5.41) is 12.8. The Bertz CT molecular complexity index is 1650. The maximum absolute atomic E-state index is 13.1. The van der Waals surface area contributed by atoms with E-state index in [0.717, 1.165) is 56.0 Å². The lowest BCUT2D eigenvalue weighted by atomic mass is 10.0. The van der Waals surface area contributed by atoms with E-state index in [0.29, 0.717) is 23.7 Å². The van der Waals surface area contributed by atoms with Crippen LogP contribution in [-0.2, 0) is 19.6 Å². The summed E-state index contributed by atoms with van der Waals surface area (Å²) in [5.41, 5.74) is 8.61. The molecule has 0 spiro atoms. The van der Waals surface area contributed by atoms with Gasteiger partial charge in [-0.2, -0.15) is 5.10 Å². The third-order valence-electron chi connectivity index (χ3n) is 6.45. The first-order valence-electron chi connectivity index (χ1n) is 12.3. The number of amides is 1. The number of hydrogen-bond donors (Lipinski definition) is 2. The fourth-order valence-corrected chi connectivity index (χ4v) is 5.44. The van der Waals surface area contributed by atoms with Crippen molar-refractivity contribution in [3.63, 3.8) is 0 Å². The molecule has 0 unspecified atom stereocenters. The van der Waals surface area contributed by atoms with Crippen LogP contribution >= 0.6 is 33.9 Å². The van der Waals surface area contributed by atoms with E-state index in [1.165, 1.54) is 11.3 Å². The molecule has 0 saturated heterocycles. The molecule has 39 heavy (non-hydrogen) atoms. The van der Waals surface area contributed by atoms with Gasteiger partial charge in [-0.25, -0.2) is 4.98 Å². The summed E-state index contributed by atoms with van der Waals surface area (Å²) in [6, 6.07) is 17.7. The van der Waals surface area contributed by atoms with Crippen LogP contribution in [0.5, 0.6) is 11.5 Å². The van der Waals surface area contributed by atoms with Crippen molar-refractivity contribution >= 4 is 56.9 Å². The molecular formula is C29H24IN5O3S. The molecule has 0 radical (unpaired) electrons. The first kappa shape index (κ1) is 25.4. The largest absolute Gasteiger partial charge is 0.493 e. The number of nitrogens with one attached hydrogen (secondary N) is 2. The van der Waals surface area contributed by atoms with Gasteiger partial charge in [0.05, 0.1) is 50.7 Å². The predicted molar refractivity (Wildman–Crippen MR) is 161 cm³/mol. The highest BCUT2D eigenvalue weighted by molar-refractivity contribution is 14.1. The third kappa shape index (κ3) is 5.62. The number of ether oxygens (including phenoxy) is 2. The van der Waals surface area contributed by atoms with Gasteiger partial charge in [0, 0.05) is 18.1 Å². The average molecular weight is 650 g/mol. The van der Waals surface area contributed by atoms with Gasteiger partial charge in [0.25, 0.3) is 5.91 Å². The third-order valence-corrected chi connectivity index (χ3v) is 7.65. The summed E-state index contributed by atoms with van der Waals surface area (Å²) >= 11 is 3.79. The molecule has 8 nitrogen and oxygen atoms in total. The Hall–Kier alpha value is -3.90. The number of hydrogen-bond acceptors (Lipinski definition) is 7. The monoisotopic (exact) mass is 649 g/mol. The highest BCUT2D eigenvalue weighted by Crippen LogP contribution is 2.37. The number of benzene rings is 3. The van der Waals surface area contributed by atoms with Gasteiger partial charge in [-0.1, -0.05) is 18.2 Å². The average Bonchev–Trinajstić information content (AvgIpc) is 3.60. The number of nitrogens with zero attached hydrogens (tertiary/aromatic N) is 3. The number of halogens is 1. The number of aryl methyl sites for hydroxylation is 2. The Kier molecular flexibility index (Phi) is 7.20. The standard InChI is InChI=1S/C29H24IN5O3S/c1-37-28-12-20(4-7-27(28)38-15-22-16-39-17-31-22)19-3-5-23-25(11-19)33-24-6-2-18(10-26(24)34-29(23)36)8-9-35-14-21(30)13-32-35/h2-7,10-14,16-17,33H,8-9,15H2,1H3,(H,34,36). The molecule has 0 bridgehead atoms. The van der Waals surface area contributed by atoms with E-state index < -0.39 is 0 Å². The lowest BCUT2D eigenvalue weighted by Gasteiger charge is -2.14. The number of rotatable bonds is 8. The minimum atomic E-state index is -0.148. The lowest BCUT2D eigenvalue weighted by Crippen LogP contribution is -2.11. The Morgan fingerprint density at radius 2 is 1.85 bits per heavy atom. The van der Waals surface area contributed by atoms with E-state index >= 15 is 0 Å². The molecule has 1 aliphatic heterocycles. The number of anilines is 3. The second-order valence-electron chi connectivity index (χ2n) is 9.03. The number of methoxy groups -OCH3 is 1. The van der Waals surface area contributed by atoms with Gasteiger partial charge in [0.2, 0.25) is 0 Å². The smallest absolute Gasteiger partial charge is 0.257 e. The second kappa shape index (κ2) is 11.1. The molecule has 2 N–H and O–H groups in total. The maximum atomic E-state index is 13.1. The second-order valence-corrected chi connectivity index (χ2v) is 11.0. The maximum Gasteiger partial charge on any atom is 0.257 e. The molecule has 6 rings (SSSR count). The molecule has 196 valence electrons. The molecule has 0 saturated carbocycles. The van der Waals surface area contributed by atoms with Crippen LogP contribution in [0.1, 0.15) is 21.6 Å². The Labute approximate surface area is 243 Å². The van der Waals surface area contributed by atoms with Gasteiger partial charge in [0.15, 0.2) is 11.5 Å². The summed E-state index contributed by atoms with van der Waals surface area (Å²) in [4.78, 5) is 17.4. The number of thiazole rings is 1. The van der Waals surface area contributed by atoms with E-state index in [1.54, 1.807) is 12.6 Å². The summed E-state index contributed by atoms with van der Waals surface area (Å²) in [6.07, 6.45) is 4.67. The lowest BCUT2D eigenvalue weighted by molar-refractivity contribution is 0.102. The van der Waals surface area contributed by atoms with Gasteiger partial charge in [0.1, 0.15) is 6.61 Å². The summed E-state index contributed by atoms with van der Waals surface area (Å²) < 4.78 is 14.6. The van der Waals surface area contributed by atoms with Crippen LogP contribution < -0.4 is 20.1 Å². The van der Waals surface area contributed by atoms with Gasteiger partial charge >= 0.3 is 0 Å². The number of aromatic nitrogens is 3. The molecular weight excluding hydrogens is 625 g/mol. The van der Waals surface area contributed by atoms with Crippen molar-refractivity contribution in [2.45, 2.75) is 19.6 Å². The quantitative estimate of drug-likeness (QED) is 0.181. The van der Waals surface area contributed by atoms with Gasteiger partial charge < -0.3 is 20.1 Å². The fraction of sp³-hybridized carbons (Fsp3) is 0.138. The SMILES string of the molecule is COc1cc(-c2ccc3c(c2)Nc2ccc(CCn4cc(I)cn4)cc2NC3=O)ccc1OCc1cscn1. The minimum Gasteiger partial charge on any atom is -0.493 e. The van der Waals surface area contributed by atoms with E-state index in [4.69, 9.17) is 9.47 Å². The molecule has 1 amide bonds. The first-order valence-corrected chi connectivity index (χ1v) is 14.3. The highest BCUT2D eigenvalue weighted by atomic mass is 127. The van der Waals surface area contributed by atoms with Crippen LogP contribution in [0.2, 0.25) is 0 Å².